The van der Waals surface area contributed by atoms with E-state index < -0.39 is 41.4 Å². The van der Waals surface area contributed by atoms with Crippen molar-refractivity contribution in [2.24, 2.45) is 5.73 Å². The lowest BCUT2D eigenvalue weighted by atomic mass is 10.1. The molecule has 0 heterocycles. The minimum atomic E-state index is -4.41. The fraction of sp³-hybridized carbons (Fsp3) is 0.222. The molecule has 2 rings (SSSR count). The molecule has 0 aliphatic carbocycles. The quantitative estimate of drug-likeness (QED) is 0.309. The highest BCUT2D eigenvalue weighted by molar-refractivity contribution is 6.67. The zero-order chi connectivity index (χ0) is 24.2. The largest absolute Gasteiger partial charge is 0.416 e. The predicted octanol–water partition coefficient (Wildman–Crippen LogP) is 3.36. The van der Waals surface area contributed by atoms with E-state index in [1.807, 2.05) is 0 Å². The first-order valence-electron chi connectivity index (χ1n) is 8.02. The second-order valence-electron chi connectivity index (χ2n) is 5.27. The molecule has 0 aromatic heterocycles. The summed E-state index contributed by atoms with van der Waals surface area (Å²) in [5.41, 5.74) is 2.91. The standard InChI is InChI=1S/C9H8F3NO2.C8H4ClF3O.CH5NO/c10-9(11,12)7-3-1-6(2-4-7)8(15)13-5-14;9-7(13)5-1-3-6(4-2-5)8(10,11)12;2-1-3/h1-4,14H,5H2,(H,13,15);1-4H;3H,1-2H2. The van der Waals surface area contributed by atoms with Gasteiger partial charge in [-0.1, -0.05) is 0 Å². The number of benzene rings is 2. The molecule has 0 aliphatic rings. The maximum Gasteiger partial charge on any atom is 0.416 e. The first-order chi connectivity index (χ1) is 14.3. The van der Waals surface area contributed by atoms with Gasteiger partial charge >= 0.3 is 12.4 Å². The Morgan fingerprint density at radius 2 is 1.13 bits per heavy atom. The average Bonchev–Trinajstić information content (AvgIpc) is 2.68. The third kappa shape index (κ3) is 10.8. The summed E-state index contributed by atoms with van der Waals surface area (Å²) in [6, 6.07) is 7.43. The average molecular weight is 475 g/mol. The number of nitrogens with one attached hydrogen (secondary N) is 1. The highest BCUT2D eigenvalue weighted by Crippen LogP contribution is 2.29. The van der Waals surface area contributed by atoms with Crippen molar-refractivity contribution in [1.29, 1.82) is 0 Å². The Balaban J connectivity index is 0.000000519. The third-order valence-electron chi connectivity index (χ3n) is 3.15. The fourth-order valence-corrected chi connectivity index (χ4v) is 1.90. The number of hydrogen-bond donors (Lipinski definition) is 4. The summed E-state index contributed by atoms with van der Waals surface area (Å²) in [5, 5.41) is 17.0. The smallest absolute Gasteiger partial charge is 0.382 e. The molecular weight excluding hydrogens is 458 g/mol. The highest BCUT2D eigenvalue weighted by Gasteiger charge is 2.30. The van der Waals surface area contributed by atoms with Crippen LogP contribution in [0.1, 0.15) is 31.8 Å². The zero-order valence-corrected chi connectivity index (χ0v) is 16.2. The summed E-state index contributed by atoms with van der Waals surface area (Å²) >= 11 is 5.05. The van der Waals surface area contributed by atoms with Gasteiger partial charge < -0.3 is 21.3 Å². The van der Waals surface area contributed by atoms with Crippen LogP contribution in [0.25, 0.3) is 0 Å². The monoisotopic (exact) mass is 474 g/mol. The van der Waals surface area contributed by atoms with Crippen molar-refractivity contribution in [3.05, 3.63) is 70.8 Å². The van der Waals surface area contributed by atoms with Crippen LogP contribution in [-0.4, -0.2) is 34.8 Å². The summed E-state index contributed by atoms with van der Waals surface area (Å²) in [7, 11) is 0. The van der Waals surface area contributed by atoms with E-state index in [1.54, 1.807) is 0 Å². The molecule has 0 fully saturated rings. The highest BCUT2D eigenvalue weighted by atomic mass is 35.5. The van der Waals surface area contributed by atoms with E-state index in [-0.39, 0.29) is 17.9 Å². The SMILES string of the molecule is NCO.O=C(Cl)c1ccc(C(F)(F)F)cc1.O=C(NCO)c1ccc(C(F)(F)F)cc1. The van der Waals surface area contributed by atoms with Gasteiger partial charge in [0, 0.05) is 11.1 Å². The summed E-state index contributed by atoms with van der Waals surface area (Å²) < 4.78 is 72.4. The van der Waals surface area contributed by atoms with Crippen LogP contribution >= 0.6 is 11.6 Å². The fourth-order valence-electron chi connectivity index (χ4n) is 1.77. The minimum absolute atomic E-state index is 0.0506. The molecule has 0 unspecified atom stereocenters. The molecule has 1 amide bonds. The molecule has 13 heteroatoms. The maximum absolute atomic E-state index is 12.1. The van der Waals surface area contributed by atoms with Crippen LogP contribution in [0.4, 0.5) is 26.3 Å². The van der Waals surface area contributed by atoms with Crippen molar-refractivity contribution < 1.29 is 46.1 Å². The molecule has 0 radical (unpaired) electrons. The topological polar surface area (TPSA) is 113 Å². The van der Waals surface area contributed by atoms with Crippen molar-refractivity contribution in [2.75, 3.05) is 13.5 Å². The Kier molecular flexibility index (Phi) is 11.8. The number of nitrogens with two attached hydrogens (primary N) is 1. The lowest BCUT2D eigenvalue weighted by Gasteiger charge is -2.07. The van der Waals surface area contributed by atoms with Gasteiger partial charge in [0.25, 0.3) is 11.1 Å². The Morgan fingerprint density at radius 3 is 1.39 bits per heavy atom. The Hall–Kier alpha value is -2.67. The minimum Gasteiger partial charge on any atom is -0.382 e. The van der Waals surface area contributed by atoms with E-state index in [4.69, 9.17) is 21.8 Å². The van der Waals surface area contributed by atoms with Gasteiger partial charge in [-0.05, 0) is 60.1 Å². The van der Waals surface area contributed by atoms with E-state index >= 15 is 0 Å². The van der Waals surface area contributed by atoms with E-state index in [0.29, 0.717) is 0 Å². The lowest BCUT2D eigenvalue weighted by Crippen LogP contribution is -2.24. The summed E-state index contributed by atoms with van der Waals surface area (Å²) in [4.78, 5) is 21.5. The van der Waals surface area contributed by atoms with Crippen molar-refractivity contribution in [2.45, 2.75) is 12.4 Å². The first-order valence-corrected chi connectivity index (χ1v) is 8.40. The van der Waals surface area contributed by atoms with E-state index in [9.17, 15) is 35.9 Å². The normalized spacial score (nSPS) is 10.8. The van der Waals surface area contributed by atoms with E-state index in [2.05, 4.69) is 11.1 Å². The van der Waals surface area contributed by atoms with Gasteiger partial charge in [0.2, 0.25) is 0 Å². The van der Waals surface area contributed by atoms with Gasteiger partial charge in [0.15, 0.2) is 0 Å². The molecule has 0 saturated heterocycles. The Labute approximate surface area is 177 Å². The van der Waals surface area contributed by atoms with Crippen molar-refractivity contribution in [1.82, 2.24) is 5.32 Å². The number of carbonyl (C=O) groups is 2. The van der Waals surface area contributed by atoms with Crippen molar-refractivity contribution in [3.8, 4) is 0 Å². The van der Waals surface area contributed by atoms with Crippen LogP contribution in [0, 0.1) is 0 Å². The molecule has 172 valence electrons. The molecule has 5 N–H and O–H groups in total. The van der Waals surface area contributed by atoms with Gasteiger partial charge in [0.1, 0.15) is 6.73 Å². The summed E-state index contributed by atoms with van der Waals surface area (Å²) in [6.45, 7) is -0.806. The van der Waals surface area contributed by atoms with Crippen LogP contribution in [0.3, 0.4) is 0 Å². The second-order valence-corrected chi connectivity index (χ2v) is 5.61. The number of hydrogen-bond acceptors (Lipinski definition) is 5. The number of carbonyl (C=O) groups excluding carboxylic acids is 2. The van der Waals surface area contributed by atoms with Crippen molar-refractivity contribution in [3.63, 3.8) is 0 Å². The van der Waals surface area contributed by atoms with Gasteiger partial charge in [-0.15, -0.1) is 0 Å². The number of aliphatic hydroxyl groups is 2. The Bertz CT molecular complexity index is 825. The molecule has 0 saturated carbocycles. The predicted molar refractivity (Wildman–Crippen MR) is 98.9 cm³/mol. The van der Waals surface area contributed by atoms with Crippen LogP contribution in [0.2, 0.25) is 0 Å². The third-order valence-corrected chi connectivity index (χ3v) is 3.37. The van der Waals surface area contributed by atoms with Gasteiger partial charge in [0.05, 0.1) is 17.9 Å². The maximum atomic E-state index is 12.1. The molecule has 0 atom stereocenters. The molecule has 0 spiro atoms. The van der Waals surface area contributed by atoms with Crippen LogP contribution < -0.4 is 11.1 Å². The summed E-state index contributed by atoms with van der Waals surface area (Å²) in [6.07, 6.45) is -8.79. The number of rotatable bonds is 3. The molecular formula is C18H17ClF6N2O4. The van der Waals surface area contributed by atoms with E-state index in [0.717, 1.165) is 48.5 Å². The molecule has 0 bridgehead atoms. The number of alkyl halides is 6. The van der Waals surface area contributed by atoms with Gasteiger partial charge in [-0.2, -0.15) is 26.3 Å². The molecule has 2 aromatic rings. The van der Waals surface area contributed by atoms with Gasteiger partial charge in [-0.3, -0.25) is 9.59 Å². The van der Waals surface area contributed by atoms with Crippen LogP contribution in [0.15, 0.2) is 48.5 Å². The molecule has 2 aromatic carbocycles. The first kappa shape index (κ1) is 28.3. The lowest BCUT2D eigenvalue weighted by molar-refractivity contribution is -0.138. The summed E-state index contributed by atoms with van der Waals surface area (Å²) in [5.74, 6) is -0.619. The number of amides is 1. The number of aliphatic hydroxyl groups excluding tert-OH is 2. The number of halogens is 7. The Morgan fingerprint density at radius 1 is 0.806 bits per heavy atom. The zero-order valence-electron chi connectivity index (χ0n) is 15.5. The van der Waals surface area contributed by atoms with Gasteiger partial charge in [-0.25, -0.2) is 0 Å². The van der Waals surface area contributed by atoms with Crippen molar-refractivity contribution >= 4 is 22.8 Å². The molecule has 0 aliphatic heterocycles. The van der Waals surface area contributed by atoms with E-state index in [1.165, 1.54) is 0 Å². The van der Waals surface area contributed by atoms with Crippen LogP contribution in [-0.2, 0) is 12.4 Å². The molecule has 6 nitrogen and oxygen atoms in total. The second kappa shape index (κ2) is 12.9. The van der Waals surface area contributed by atoms with Crippen LogP contribution in [0.5, 0.6) is 0 Å². The molecule has 31 heavy (non-hydrogen) atoms.